The normalized spacial score (nSPS) is 23.4. The number of carbonyl (C=O) groups is 1. The van der Waals surface area contributed by atoms with Crippen molar-refractivity contribution in [3.05, 3.63) is 28.2 Å². The van der Waals surface area contributed by atoms with E-state index < -0.39 is 6.23 Å². The molecule has 3 N–H and O–H groups in total. The van der Waals surface area contributed by atoms with E-state index in [4.69, 9.17) is 15.6 Å². The Morgan fingerprint density at radius 3 is 3.00 bits per heavy atom. The molecule has 0 aliphatic carbocycles. The maximum Gasteiger partial charge on any atom is 0.187 e. The van der Waals surface area contributed by atoms with Crippen molar-refractivity contribution in [1.82, 2.24) is 0 Å². The number of nitrogens with zero attached hydrogens (tertiary/aromatic N) is 1. The van der Waals surface area contributed by atoms with Crippen LogP contribution >= 0.6 is 15.9 Å². The number of halogens is 1. The molecule has 1 aromatic carbocycles. The number of nitrogens with two attached hydrogens (primary N) is 1. The van der Waals surface area contributed by atoms with Gasteiger partial charge in [-0.15, -0.1) is 0 Å². The van der Waals surface area contributed by atoms with Crippen LogP contribution in [0.2, 0.25) is 0 Å². The average Bonchev–Trinajstić information content (AvgIpc) is 2.82. The molecule has 0 saturated carbocycles. The summed E-state index contributed by atoms with van der Waals surface area (Å²) in [5, 5.41) is 9.09. The van der Waals surface area contributed by atoms with Crippen LogP contribution in [0.1, 0.15) is 5.56 Å². The summed E-state index contributed by atoms with van der Waals surface area (Å²) in [4.78, 5) is 12.8. The Balaban J connectivity index is 2.27. The second kappa shape index (κ2) is 5.79. The highest BCUT2D eigenvalue weighted by atomic mass is 79.9. The van der Waals surface area contributed by atoms with Gasteiger partial charge in [0.25, 0.3) is 0 Å². The average molecular weight is 315 g/mol. The highest BCUT2D eigenvalue weighted by Crippen LogP contribution is 2.28. The molecule has 1 heterocycles. The Bertz CT molecular complexity index is 441. The lowest BCUT2D eigenvalue weighted by atomic mass is 10.2. The number of rotatable bonds is 4. The van der Waals surface area contributed by atoms with Gasteiger partial charge in [0.05, 0.1) is 6.61 Å². The first-order valence-corrected chi connectivity index (χ1v) is 6.45. The third-order valence-electron chi connectivity index (χ3n) is 2.94. The van der Waals surface area contributed by atoms with Gasteiger partial charge in [-0.3, -0.25) is 4.79 Å². The second-order valence-corrected chi connectivity index (χ2v) is 4.95. The highest BCUT2D eigenvalue weighted by Gasteiger charge is 2.32. The van der Waals surface area contributed by atoms with Crippen LogP contribution in [0.4, 0.5) is 5.69 Å². The predicted molar refractivity (Wildman–Crippen MR) is 71.2 cm³/mol. The summed E-state index contributed by atoms with van der Waals surface area (Å²) in [6, 6.07) is 5.71. The van der Waals surface area contributed by atoms with Crippen molar-refractivity contribution < 1.29 is 14.6 Å². The maximum atomic E-state index is 11.0. The van der Waals surface area contributed by atoms with E-state index in [-0.39, 0.29) is 12.7 Å². The molecule has 5 nitrogen and oxygen atoms in total. The molecule has 1 aromatic rings. The summed E-state index contributed by atoms with van der Waals surface area (Å²) in [6.07, 6.45) is -0.237. The lowest BCUT2D eigenvalue weighted by molar-refractivity contribution is -0.117. The van der Waals surface area contributed by atoms with Gasteiger partial charge in [0.2, 0.25) is 0 Å². The Labute approximate surface area is 114 Å². The largest absolute Gasteiger partial charge is 0.394 e. The molecule has 0 aromatic heterocycles. The molecule has 1 aliphatic heterocycles. The number of hydrogen-bond acceptors (Lipinski definition) is 5. The van der Waals surface area contributed by atoms with Gasteiger partial charge in [0, 0.05) is 23.2 Å². The van der Waals surface area contributed by atoms with Gasteiger partial charge in [0.1, 0.15) is 6.10 Å². The molecule has 2 atom stereocenters. The van der Waals surface area contributed by atoms with Crippen molar-refractivity contribution in [2.75, 3.05) is 18.1 Å². The first-order valence-electron chi connectivity index (χ1n) is 5.66. The van der Waals surface area contributed by atoms with E-state index in [0.29, 0.717) is 13.1 Å². The minimum atomic E-state index is -0.644. The van der Waals surface area contributed by atoms with Crippen LogP contribution in [0.3, 0.4) is 0 Å². The smallest absolute Gasteiger partial charge is 0.187 e. The molecule has 98 valence electrons. The molecule has 6 heteroatoms. The summed E-state index contributed by atoms with van der Waals surface area (Å²) in [5.74, 6) is 0. The second-order valence-electron chi connectivity index (χ2n) is 4.10. The van der Waals surface area contributed by atoms with E-state index in [1.165, 1.54) is 0 Å². The van der Waals surface area contributed by atoms with Gasteiger partial charge in [-0.2, -0.15) is 0 Å². The summed E-state index contributed by atoms with van der Waals surface area (Å²) in [6.45, 7) is 0.810. The van der Waals surface area contributed by atoms with Gasteiger partial charge in [-0.05, 0) is 23.8 Å². The lowest BCUT2D eigenvalue weighted by Crippen LogP contribution is -2.31. The molecule has 1 aliphatic rings. The highest BCUT2D eigenvalue weighted by molar-refractivity contribution is 9.10. The summed E-state index contributed by atoms with van der Waals surface area (Å²) < 4.78 is 6.34. The van der Waals surface area contributed by atoms with Crippen LogP contribution in [-0.4, -0.2) is 36.9 Å². The number of hydrogen-bond donors (Lipinski definition) is 2. The van der Waals surface area contributed by atoms with E-state index in [2.05, 4.69) is 15.9 Å². The zero-order valence-corrected chi connectivity index (χ0v) is 11.3. The Morgan fingerprint density at radius 2 is 2.39 bits per heavy atom. The number of ether oxygens (including phenoxy) is 1. The molecule has 0 bridgehead atoms. The van der Waals surface area contributed by atoms with E-state index in [1.807, 2.05) is 23.1 Å². The molecule has 0 amide bonds. The van der Waals surface area contributed by atoms with E-state index in [0.717, 1.165) is 22.0 Å². The first-order chi connectivity index (χ1) is 8.69. The van der Waals surface area contributed by atoms with Gasteiger partial charge in [-0.25, -0.2) is 0 Å². The van der Waals surface area contributed by atoms with Crippen LogP contribution < -0.4 is 10.6 Å². The molecule has 1 fully saturated rings. The zero-order chi connectivity index (χ0) is 13.1. The standard InChI is InChI=1S/C12H15BrN2O3/c13-11-2-1-9(3-8(11)4-14)15-5-10(6-16)18-12(15)7-17/h1-3,7,10,12,16H,4-6,14H2/t10-,12?/m1/s1. The predicted octanol–water partition coefficient (Wildman–Crippen LogP) is 0.630. The minimum absolute atomic E-state index is 0.0961. The molecule has 0 spiro atoms. The monoisotopic (exact) mass is 314 g/mol. The molecular formula is C12H15BrN2O3. The van der Waals surface area contributed by atoms with Crippen molar-refractivity contribution >= 4 is 27.9 Å². The molecule has 1 unspecified atom stereocenters. The Morgan fingerprint density at radius 1 is 1.61 bits per heavy atom. The van der Waals surface area contributed by atoms with Crippen LogP contribution in [-0.2, 0) is 16.1 Å². The number of anilines is 1. The van der Waals surface area contributed by atoms with Gasteiger partial charge >= 0.3 is 0 Å². The number of carbonyl (C=O) groups excluding carboxylic acids is 1. The lowest BCUT2D eigenvalue weighted by Gasteiger charge is -2.21. The van der Waals surface area contributed by atoms with E-state index >= 15 is 0 Å². The summed E-state index contributed by atoms with van der Waals surface area (Å²) >= 11 is 3.42. The summed E-state index contributed by atoms with van der Waals surface area (Å²) in [7, 11) is 0. The quantitative estimate of drug-likeness (QED) is 0.797. The number of aldehydes is 1. The topological polar surface area (TPSA) is 75.8 Å². The van der Waals surface area contributed by atoms with Crippen molar-refractivity contribution in [2.24, 2.45) is 5.73 Å². The van der Waals surface area contributed by atoms with Crippen LogP contribution in [0, 0.1) is 0 Å². The number of benzene rings is 1. The third-order valence-corrected chi connectivity index (χ3v) is 3.71. The van der Waals surface area contributed by atoms with Crippen molar-refractivity contribution in [3.63, 3.8) is 0 Å². The minimum Gasteiger partial charge on any atom is -0.394 e. The fourth-order valence-corrected chi connectivity index (χ4v) is 2.40. The van der Waals surface area contributed by atoms with Crippen molar-refractivity contribution in [1.29, 1.82) is 0 Å². The summed E-state index contributed by atoms with van der Waals surface area (Å²) in [5.41, 5.74) is 7.48. The Hall–Kier alpha value is -0.950. The number of aliphatic hydroxyl groups excluding tert-OH is 1. The van der Waals surface area contributed by atoms with Gasteiger partial charge in [-0.1, -0.05) is 15.9 Å². The fourth-order valence-electron chi connectivity index (χ4n) is 1.99. The van der Waals surface area contributed by atoms with Crippen molar-refractivity contribution in [2.45, 2.75) is 18.9 Å². The van der Waals surface area contributed by atoms with Crippen LogP contribution in [0.15, 0.2) is 22.7 Å². The van der Waals surface area contributed by atoms with Crippen molar-refractivity contribution in [3.8, 4) is 0 Å². The SMILES string of the molecule is NCc1cc(N2C[C@H](CO)OC2C=O)ccc1Br. The molecule has 2 rings (SSSR count). The zero-order valence-electron chi connectivity index (χ0n) is 9.75. The van der Waals surface area contributed by atoms with Gasteiger partial charge < -0.3 is 20.5 Å². The molecule has 1 saturated heterocycles. The fraction of sp³-hybridized carbons (Fsp3) is 0.417. The van der Waals surface area contributed by atoms with Crippen LogP contribution in [0.5, 0.6) is 0 Å². The molecule has 18 heavy (non-hydrogen) atoms. The molecule has 0 radical (unpaired) electrons. The van der Waals surface area contributed by atoms with E-state index in [1.54, 1.807) is 0 Å². The maximum absolute atomic E-state index is 11.0. The third kappa shape index (κ3) is 2.56. The van der Waals surface area contributed by atoms with Gasteiger partial charge in [0.15, 0.2) is 12.5 Å². The van der Waals surface area contributed by atoms with E-state index in [9.17, 15) is 4.79 Å². The van der Waals surface area contributed by atoms with Crippen LogP contribution in [0.25, 0.3) is 0 Å². The Kier molecular flexibility index (Phi) is 4.34. The molecular weight excluding hydrogens is 300 g/mol. The number of aliphatic hydroxyl groups is 1. The first kappa shape index (κ1) is 13.5.